The van der Waals surface area contributed by atoms with E-state index < -0.39 is 8.16 Å². The van der Waals surface area contributed by atoms with Gasteiger partial charge in [-0.15, -0.1) is 0 Å². The zero-order chi connectivity index (χ0) is 21.1. The van der Waals surface area contributed by atoms with E-state index in [0.29, 0.717) is 0 Å². The van der Waals surface area contributed by atoms with Crippen molar-refractivity contribution < 1.29 is 8.39 Å². The van der Waals surface area contributed by atoms with Crippen molar-refractivity contribution in [2.45, 2.75) is 57.8 Å². The lowest BCUT2D eigenvalue weighted by molar-refractivity contribution is 0.632. The summed E-state index contributed by atoms with van der Waals surface area (Å²) in [4.78, 5) is 0. The molecule has 3 aromatic carbocycles. The van der Waals surface area contributed by atoms with Crippen LogP contribution < -0.4 is 4.67 Å². The van der Waals surface area contributed by atoms with Gasteiger partial charge in [0.1, 0.15) is 11.2 Å². The molecule has 4 heteroatoms. The first-order valence-electron chi connectivity index (χ1n) is 12.2. The summed E-state index contributed by atoms with van der Waals surface area (Å²) in [6.07, 6.45) is 10.8. The molecule has 1 aliphatic heterocycles. The predicted octanol–water partition coefficient (Wildman–Crippen LogP) is 7.87. The van der Waals surface area contributed by atoms with E-state index in [1.807, 2.05) is 0 Å². The highest BCUT2D eigenvalue weighted by molar-refractivity contribution is 7.39. The Morgan fingerprint density at radius 1 is 0.594 bits per heavy atom. The van der Waals surface area contributed by atoms with Crippen LogP contribution >= 0.6 is 8.16 Å². The van der Waals surface area contributed by atoms with Crippen molar-refractivity contribution in [3.8, 4) is 0 Å². The molecule has 2 aliphatic carbocycles. The van der Waals surface area contributed by atoms with E-state index in [4.69, 9.17) is 8.39 Å². The van der Waals surface area contributed by atoms with Crippen LogP contribution in [0.15, 0.2) is 56.9 Å². The molecule has 0 unspecified atom stereocenters. The highest BCUT2D eigenvalue weighted by atomic mass is 31.1. The Morgan fingerprint density at radius 2 is 1.19 bits per heavy atom. The zero-order valence-corrected chi connectivity index (χ0v) is 19.3. The average molecular weight is 442 g/mol. The Hall–Kier alpha value is -2.64. The number of rotatable bonds is 1. The maximum Gasteiger partial charge on any atom is 0.341 e. The number of aryl methyl sites for hydroxylation is 4. The van der Waals surface area contributed by atoms with Gasteiger partial charge in [0.25, 0.3) is 0 Å². The Morgan fingerprint density at radius 3 is 1.84 bits per heavy atom. The number of anilines is 1. The Kier molecular flexibility index (Phi) is 4.40. The first-order valence-corrected chi connectivity index (χ1v) is 13.3. The van der Waals surface area contributed by atoms with Gasteiger partial charge in [0.05, 0.1) is 5.69 Å². The lowest BCUT2D eigenvalue weighted by atomic mass is 9.84. The average Bonchev–Trinajstić information content (AvgIpc) is 3.19. The molecule has 3 nitrogen and oxygen atoms in total. The molecule has 0 radical (unpaired) electrons. The second kappa shape index (κ2) is 7.46. The van der Waals surface area contributed by atoms with Gasteiger partial charge in [-0.25, -0.2) is 0 Å². The largest absolute Gasteiger partial charge is 0.404 e. The maximum absolute atomic E-state index is 6.81. The van der Waals surface area contributed by atoms with Crippen LogP contribution in [0.2, 0.25) is 0 Å². The second-order valence-corrected chi connectivity index (χ2v) is 10.8. The molecule has 2 heterocycles. The fourth-order valence-electron chi connectivity index (χ4n) is 6.09. The fraction of sp³-hybridized carbons (Fsp3) is 0.357. The molecule has 0 atom stereocenters. The molecule has 0 spiro atoms. The number of fused-ring (bicyclic) bond motifs is 8. The third-order valence-electron chi connectivity index (χ3n) is 7.65. The topological polar surface area (TPSA) is 29.5 Å². The minimum Gasteiger partial charge on any atom is -0.404 e. The molecule has 7 rings (SSSR count). The van der Waals surface area contributed by atoms with Gasteiger partial charge in [-0.3, -0.25) is 4.67 Å². The monoisotopic (exact) mass is 441 g/mol. The Balaban J connectivity index is 1.59. The van der Waals surface area contributed by atoms with Crippen molar-refractivity contribution in [3.63, 3.8) is 0 Å². The van der Waals surface area contributed by atoms with Gasteiger partial charge >= 0.3 is 8.16 Å². The Labute approximate surface area is 189 Å². The lowest BCUT2D eigenvalue weighted by Crippen LogP contribution is -2.08. The van der Waals surface area contributed by atoms with Crippen molar-refractivity contribution in [2.24, 2.45) is 0 Å². The molecule has 4 aromatic rings. The summed E-state index contributed by atoms with van der Waals surface area (Å²) in [5.74, 6) is 0. The zero-order valence-electron chi connectivity index (χ0n) is 18.4. The van der Waals surface area contributed by atoms with E-state index >= 15 is 0 Å². The first kappa shape index (κ1) is 18.9. The van der Waals surface area contributed by atoms with E-state index in [1.165, 1.54) is 82.8 Å². The SMILES string of the molecule is c1ccc2c(c1)CCN2p1oc2ccc3c(c2c2c4c(ccc2o1)CCCC4)CCCC3. The molecular formula is C28H28NO2P. The van der Waals surface area contributed by atoms with Crippen LogP contribution in [0.3, 0.4) is 0 Å². The van der Waals surface area contributed by atoms with E-state index in [0.717, 1.165) is 37.0 Å². The third kappa shape index (κ3) is 2.87. The van der Waals surface area contributed by atoms with Crippen molar-refractivity contribution in [3.05, 3.63) is 76.3 Å². The normalized spacial score (nSPS) is 17.3. The smallest absolute Gasteiger partial charge is 0.341 e. The first-order chi connectivity index (χ1) is 15.9. The van der Waals surface area contributed by atoms with E-state index in [2.05, 4.69) is 53.2 Å². The molecule has 0 fully saturated rings. The molecule has 32 heavy (non-hydrogen) atoms. The summed E-state index contributed by atoms with van der Waals surface area (Å²) >= 11 is 0. The van der Waals surface area contributed by atoms with Gasteiger partial charge in [0.2, 0.25) is 0 Å². The summed E-state index contributed by atoms with van der Waals surface area (Å²) < 4.78 is 16.0. The minimum atomic E-state index is -1.25. The van der Waals surface area contributed by atoms with Gasteiger partial charge in [-0.1, -0.05) is 30.3 Å². The fourth-order valence-corrected chi connectivity index (χ4v) is 7.60. The molecule has 3 aliphatic rings. The van der Waals surface area contributed by atoms with Crippen LogP contribution in [0.1, 0.15) is 53.5 Å². The van der Waals surface area contributed by atoms with Crippen molar-refractivity contribution in [1.29, 1.82) is 0 Å². The molecule has 0 saturated carbocycles. The van der Waals surface area contributed by atoms with Crippen LogP contribution in [-0.2, 0) is 32.1 Å². The second-order valence-electron chi connectivity index (χ2n) is 9.49. The number of hydrogen-bond donors (Lipinski definition) is 0. The van der Waals surface area contributed by atoms with Gasteiger partial charge < -0.3 is 8.39 Å². The van der Waals surface area contributed by atoms with Crippen molar-refractivity contribution in [2.75, 3.05) is 11.2 Å². The van der Waals surface area contributed by atoms with E-state index in [9.17, 15) is 0 Å². The summed E-state index contributed by atoms with van der Waals surface area (Å²) in [5, 5.41) is 2.68. The number of para-hydroxylation sites is 1. The summed E-state index contributed by atoms with van der Waals surface area (Å²) in [6, 6.07) is 17.8. The molecular weight excluding hydrogens is 413 g/mol. The summed E-state index contributed by atoms with van der Waals surface area (Å²) in [5.41, 5.74) is 10.7. The van der Waals surface area contributed by atoms with Gasteiger partial charge in [-0.2, -0.15) is 0 Å². The van der Waals surface area contributed by atoms with Crippen LogP contribution in [0.4, 0.5) is 5.69 Å². The van der Waals surface area contributed by atoms with Crippen LogP contribution in [0.25, 0.3) is 21.9 Å². The quantitative estimate of drug-likeness (QED) is 0.301. The highest BCUT2D eigenvalue weighted by Gasteiger charge is 2.26. The minimum absolute atomic E-state index is 0.950. The van der Waals surface area contributed by atoms with Gasteiger partial charge in [0, 0.05) is 17.3 Å². The van der Waals surface area contributed by atoms with Gasteiger partial charge in [0.15, 0.2) is 0 Å². The third-order valence-corrected chi connectivity index (χ3v) is 9.17. The molecule has 162 valence electrons. The maximum atomic E-state index is 6.81. The van der Waals surface area contributed by atoms with E-state index in [-0.39, 0.29) is 0 Å². The Bertz CT molecular complexity index is 1330. The standard InChI is InChI=1S/C28H28NO2P/c1-4-10-22-19(7-1)13-15-25-27(22)28-23-11-5-2-8-20(23)14-16-26(28)31-32(30-25)29-18-17-21-9-3-6-12-24(21)29/h3,6,9,12-16H,1-2,4-5,7-8,10-11,17-18H2. The summed E-state index contributed by atoms with van der Waals surface area (Å²) in [6.45, 7) is 0.950. The predicted molar refractivity (Wildman–Crippen MR) is 132 cm³/mol. The lowest BCUT2D eigenvalue weighted by Gasteiger charge is -2.20. The van der Waals surface area contributed by atoms with Gasteiger partial charge in [-0.05, 0) is 104 Å². The van der Waals surface area contributed by atoms with Crippen LogP contribution in [0, 0.1) is 0 Å². The molecule has 0 bridgehead atoms. The van der Waals surface area contributed by atoms with Crippen LogP contribution in [-0.4, -0.2) is 6.54 Å². The number of nitrogens with zero attached hydrogens (tertiary/aromatic N) is 1. The summed E-state index contributed by atoms with van der Waals surface area (Å²) in [7, 11) is -1.25. The highest BCUT2D eigenvalue weighted by Crippen LogP contribution is 2.47. The number of benzene rings is 3. The molecule has 0 N–H and O–H groups in total. The van der Waals surface area contributed by atoms with Crippen LogP contribution in [0.5, 0.6) is 0 Å². The number of hydrogen-bond acceptors (Lipinski definition) is 3. The molecule has 0 saturated heterocycles. The van der Waals surface area contributed by atoms with Crippen molar-refractivity contribution in [1.82, 2.24) is 0 Å². The van der Waals surface area contributed by atoms with Crippen molar-refractivity contribution >= 4 is 35.8 Å². The molecule has 1 aromatic heterocycles. The van der Waals surface area contributed by atoms with E-state index in [1.54, 1.807) is 0 Å². The molecule has 0 amide bonds.